The van der Waals surface area contributed by atoms with Crippen molar-refractivity contribution in [1.82, 2.24) is 0 Å². The summed E-state index contributed by atoms with van der Waals surface area (Å²) >= 11 is 0. The van der Waals surface area contributed by atoms with Crippen LogP contribution in [0.25, 0.3) is 0 Å². The summed E-state index contributed by atoms with van der Waals surface area (Å²) in [7, 11) is 0. The standard InChI is InChI=1S/C18H28O4/c1-4-7-10-14-12-13(9-6-3)15(11-8-5-2)16(19)17(14)22-18(20)21/h12,19H,4-11H2,1-3H3,(H,20,21). The van der Waals surface area contributed by atoms with Crippen LogP contribution < -0.4 is 4.74 Å². The summed E-state index contributed by atoms with van der Waals surface area (Å²) in [5, 5.41) is 19.5. The molecular weight excluding hydrogens is 280 g/mol. The van der Waals surface area contributed by atoms with E-state index in [1.54, 1.807) is 0 Å². The quantitative estimate of drug-likeness (QED) is 0.493. The van der Waals surface area contributed by atoms with Crippen molar-refractivity contribution < 1.29 is 19.7 Å². The maximum absolute atomic E-state index is 10.9. The molecule has 0 aliphatic carbocycles. The summed E-state index contributed by atoms with van der Waals surface area (Å²) in [6.07, 6.45) is 5.91. The lowest BCUT2D eigenvalue weighted by Crippen LogP contribution is -2.08. The van der Waals surface area contributed by atoms with Crippen LogP contribution in [-0.4, -0.2) is 16.4 Å². The zero-order valence-electron chi connectivity index (χ0n) is 13.9. The number of aromatic hydroxyl groups is 1. The summed E-state index contributed by atoms with van der Waals surface area (Å²) in [5.74, 6) is 0.153. The zero-order chi connectivity index (χ0) is 16.5. The minimum absolute atomic E-state index is 0.0212. The second-order valence-corrected chi connectivity index (χ2v) is 5.68. The Labute approximate surface area is 133 Å². The molecular formula is C18H28O4. The fraction of sp³-hybridized carbons (Fsp3) is 0.611. The van der Waals surface area contributed by atoms with Gasteiger partial charge in [-0.25, -0.2) is 4.79 Å². The second-order valence-electron chi connectivity index (χ2n) is 5.68. The van der Waals surface area contributed by atoms with E-state index in [0.717, 1.165) is 68.1 Å². The van der Waals surface area contributed by atoms with Gasteiger partial charge in [-0.15, -0.1) is 0 Å². The summed E-state index contributed by atoms with van der Waals surface area (Å²) in [4.78, 5) is 10.9. The van der Waals surface area contributed by atoms with Crippen LogP contribution in [0.5, 0.6) is 11.5 Å². The van der Waals surface area contributed by atoms with E-state index in [2.05, 4.69) is 20.8 Å². The number of unbranched alkanes of at least 4 members (excludes halogenated alkanes) is 2. The highest BCUT2D eigenvalue weighted by atomic mass is 16.7. The lowest BCUT2D eigenvalue weighted by molar-refractivity contribution is 0.142. The third-order valence-electron chi connectivity index (χ3n) is 3.82. The maximum atomic E-state index is 10.9. The molecule has 1 aromatic rings. The van der Waals surface area contributed by atoms with Gasteiger partial charge in [-0.2, -0.15) is 0 Å². The van der Waals surface area contributed by atoms with E-state index in [-0.39, 0.29) is 11.5 Å². The Balaban J connectivity index is 3.32. The molecule has 0 radical (unpaired) electrons. The first kappa shape index (κ1) is 18.3. The molecule has 0 unspecified atom stereocenters. The smallest absolute Gasteiger partial charge is 0.504 e. The molecule has 0 fully saturated rings. The molecule has 22 heavy (non-hydrogen) atoms. The van der Waals surface area contributed by atoms with Crippen molar-refractivity contribution in [2.75, 3.05) is 0 Å². The predicted octanol–water partition coefficient (Wildman–Crippen LogP) is 5.09. The Morgan fingerprint density at radius 2 is 1.64 bits per heavy atom. The topological polar surface area (TPSA) is 66.8 Å². The molecule has 0 atom stereocenters. The van der Waals surface area contributed by atoms with Crippen LogP contribution in [-0.2, 0) is 19.3 Å². The van der Waals surface area contributed by atoms with Gasteiger partial charge in [-0.1, -0.05) is 46.1 Å². The van der Waals surface area contributed by atoms with E-state index < -0.39 is 6.16 Å². The first-order valence-corrected chi connectivity index (χ1v) is 8.32. The van der Waals surface area contributed by atoms with E-state index in [9.17, 15) is 9.90 Å². The molecule has 4 heteroatoms. The van der Waals surface area contributed by atoms with Crippen molar-refractivity contribution in [2.24, 2.45) is 0 Å². The first-order chi connectivity index (χ1) is 10.5. The van der Waals surface area contributed by atoms with Crippen LogP contribution in [0.4, 0.5) is 4.79 Å². The van der Waals surface area contributed by atoms with E-state index in [1.807, 2.05) is 6.07 Å². The van der Waals surface area contributed by atoms with E-state index in [1.165, 1.54) is 0 Å². The van der Waals surface area contributed by atoms with Crippen molar-refractivity contribution in [3.05, 3.63) is 22.8 Å². The fourth-order valence-electron chi connectivity index (χ4n) is 2.68. The SMILES string of the molecule is CCCCc1cc(CCC)c(CCCC)c(O)c1OC(=O)O. The number of carboxylic acid groups (broad SMARTS) is 1. The van der Waals surface area contributed by atoms with Crippen LogP contribution in [0, 0.1) is 0 Å². The molecule has 0 heterocycles. The minimum atomic E-state index is -1.38. The Kier molecular flexibility index (Phi) is 7.78. The summed E-state index contributed by atoms with van der Waals surface area (Å²) < 4.78 is 4.89. The van der Waals surface area contributed by atoms with Crippen molar-refractivity contribution in [3.63, 3.8) is 0 Å². The van der Waals surface area contributed by atoms with Gasteiger partial charge in [0.15, 0.2) is 11.5 Å². The molecule has 0 aliphatic rings. The van der Waals surface area contributed by atoms with Gasteiger partial charge < -0.3 is 14.9 Å². The number of aryl methyl sites for hydroxylation is 2. The van der Waals surface area contributed by atoms with Crippen molar-refractivity contribution in [1.29, 1.82) is 0 Å². The molecule has 0 spiro atoms. The van der Waals surface area contributed by atoms with Gasteiger partial charge in [0, 0.05) is 5.56 Å². The van der Waals surface area contributed by atoms with Crippen LogP contribution in [0.15, 0.2) is 6.07 Å². The molecule has 1 aromatic carbocycles. The van der Waals surface area contributed by atoms with Crippen LogP contribution in [0.1, 0.15) is 69.6 Å². The Morgan fingerprint density at radius 3 is 2.18 bits per heavy atom. The summed E-state index contributed by atoms with van der Waals surface area (Å²) in [5.41, 5.74) is 2.77. The second kappa shape index (κ2) is 9.34. The molecule has 2 N–H and O–H groups in total. The molecule has 0 aromatic heterocycles. The largest absolute Gasteiger partial charge is 0.511 e. The van der Waals surface area contributed by atoms with Crippen molar-refractivity contribution in [2.45, 2.75) is 72.1 Å². The lowest BCUT2D eigenvalue weighted by atomic mass is 9.93. The van der Waals surface area contributed by atoms with Gasteiger partial charge in [0.2, 0.25) is 0 Å². The molecule has 4 nitrogen and oxygen atoms in total. The fourth-order valence-corrected chi connectivity index (χ4v) is 2.68. The van der Waals surface area contributed by atoms with E-state index in [0.29, 0.717) is 0 Å². The number of phenols is 1. The zero-order valence-corrected chi connectivity index (χ0v) is 13.9. The average molecular weight is 308 g/mol. The monoisotopic (exact) mass is 308 g/mol. The average Bonchev–Trinajstić information content (AvgIpc) is 2.48. The van der Waals surface area contributed by atoms with Crippen molar-refractivity contribution >= 4 is 6.16 Å². The highest BCUT2D eigenvalue weighted by Gasteiger charge is 2.20. The predicted molar refractivity (Wildman–Crippen MR) is 88.0 cm³/mol. The summed E-state index contributed by atoms with van der Waals surface area (Å²) in [6.45, 7) is 6.29. The molecule has 0 amide bonds. The normalized spacial score (nSPS) is 10.7. The maximum Gasteiger partial charge on any atom is 0.511 e. The Hall–Kier alpha value is -1.71. The number of ether oxygens (including phenoxy) is 1. The molecule has 124 valence electrons. The molecule has 0 bridgehead atoms. The lowest BCUT2D eigenvalue weighted by Gasteiger charge is -2.18. The van der Waals surface area contributed by atoms with Gasteiger partial charge in [0.1, 0.15) is 0 Å². The van der Waals surface area contributed by atoms with Gasteiger partial charge in [-0.05, 0) is 43.2 Å². The third kappa shape index (κ3) is 4.93. The molecule has 0 saturated carbocycles. The van der Waals surface area contributed by atoms with Gasteiger partial charge in [0.05, 0.1) is 0 Å². The highest BCUT2D eigenvalue weighted by Crippen LogP contribution is 2.39. The molecule has 0 saturated heterocycles. The van der Waals surface area contributed by atoms with Gasteiger partial charge in [-0.3, -0.25) is 0 Å². The van der Waals surface area contributed by atoms with Crippen molar-refractivity contribution in [3.8, 4) is 11.5 Å². The van der Waals surface area contributed by atoms with Crippen LogP contribution in [0.3, 0.4) is 0 Å². The number of rotatable bonds is 9. The third-order valence-corrected chi connectivity index (χ3v) is 3.82. The van der Waals surface area contributed by atoms with Gasteiger partial charge in [0.25, 0.3) is 0 Å². The first-order valence-electron chi connectivity index (χ1n) is 8.32. The number of benzene rings is 1. The number of carbonyl (C=O) groups is 1. The van der Waals surface area contributed by atoms with Crippen LogP contribution in [0.2, 0.25) is 0 Å². The van der Waals surface area contributed by atoms with E-state index in [4.69, 9.17) is 9.84 Å². The Morgan fingerprint density at radius 1 is 1.00 bits per heavy atom. The molecule has 1 rings (SSSR count). The number of phenolic OH excluding ortho intramolecular Hbond substituents is 1. The number of hydrogen-bond donors (Lipinski definition) is 2. The number of hydrogen-bond acceptors (Lipinski definition) is 3. The van der Waals surface area contributed by atoms with Gasteiger partial charge >= 0.3 is 6.16 Å². The molecule has 0 aliphatic heterocycles. The highest BCUT2D eigenvalue weighted by molar-refractivity contribution is 5.66. The van der Waals surface area contributed by atoms with Crippen LogP contribution >= 0.6 is 0 Å². The van der Waals surface area contributed by atoms with E-state index >= 15 is 0 Å². The Bertz CT molecular complexity index is 494. The summed E-state index contributed by atoms with van der Waals surface area (Å²) in [6, 6.07) is 2.03. The minimum Gasteiger partial charge on any atom is -0.504 e.